The van der Waals surface area contributed by atoms with Crippen molar-refractivity contribution in [3.05, 3.63) is 71.8 Å². The first-order valence-corrected chi connectivity index (χ1v) is 14.6. The van der Waals surface area contributed by atoms with Crippen LogP contribution < -0.4 is 21.5 Å². The summed E-state index contributed by atoms with van der Waals surface area (Å²) in [5.74, 6) is -1.35. The van der Waals surface area contributed by atoms with E-state index in [1.807, 2.05) is 88.4 Å². The van der Waals surface area contributed by atoms with Crippen molar-refractivity contribution in [1.82, 2.24) is 15.7 Å². The number of carbonyl (C=O) groups is 2. The van der Waals surface area contributed by atoms with Crippen LogP contribution in [-0.2, 0) is 31.5 Å². The molecular formula is C28H43N4O4P. The highest BCUT2D eigenvalue weighted by molar-refractivity contribution is 7.57. The van der Waals surface area contributed by atoms with Crippen LogP contribution in [0.4, 0.5) is 0 Å². The smallest absolute Gasteiger partial charge is 0.286 e. The second kappa shape index (κ2) is 15.0. The summed E-state index contributed by atoms with van der Waals surface area (Å²) in [5, 5.41) is 8.80. The fourth-order valence-electron chi connectivity index (χ4n) is 3.89. The van der Waals surface area contributed by atoms with E-state index in [4.69, 9.17) is 10.3 Å². The van der Waals surface area contributed by atoms with Crippen LogP contribution in [0.15, 0.2) is 60.7 Å². The Kier molecular flexibility index (Phi) is 12.5. The van der Waals surface area contributed by atoms with Gasteiger partial charge < -0.3 is 20.9 Å². The molecule has 0 radical (unpaired) electrons. The third-order valence-electron chi connectivity index (χ3n) is 6.41. The molecule has 0 aliphatic rings. The Bertz CT molecular complexity index is 1020. The minimum Gasteiger partial charge on any atom is -0.354 e. The summed E-state index contributed by atoms with van der Waals surface area (Å²) < 4.78 is 19.3. The average molecular weight is 531 g/mol. The van der Waals surface area contributed by atoms with Crippen LogP contribution in [0, 0.1) is 11.8 Å². The van der Waals surface area contributed by atoms with E-state index in [1.54, 1.807) is 0 Å². The molecule has 5 N–H and O–H groups in total. The number of hydrogen-bond donors (Lipinski definition) is 4. The summed E-state index contributed by atoms with van der Waals surface area (Å²) in [4.78, 5) is 26.6. The summed E-state index contributed by atoms with van der Waals surface area (Å²) in [6, 6.07) is 17.3. The average Bonchev–Trinajstić information content (AvgIpc) is 2.90. The molecule has 0 bridgehead atoms. The van der Waals surface area contributed by atoms with Gasteiger partial charge in [0.2, 0.25) is 11.8 Å². The van der Waals surface area contributed by atoms with Crippen LogP contribution in [0.1, 0.15) is 45.2 Å². The molecule has 8 nitrogen and oxygen atoms in total. The van der Waals surface area contributed by atoms with Gasteiger partial charge in [-0.15, -0.1) is 0 Å². The zero-order chi connectivity index (χ0) is 27.4. The van der Waals surface area contributed by atoms with Crippen molar-refractivity contribution in [2.24, 2.45) is 17.6 Å². The lowest BCUT2D eigenvalue weighted by Crippen LogP contribution is -2.56. The highest BCUT2D eigenvalue weighted by atomic mass is 31.2. The molecule has 2 aromatic rings. The van der Waals surface area contributed by atoms with E-state index in [1.165, 1.54) is 7.11 Å². The molecule has 0 spiro atoms. The lowest BCUT2D eigenvalue weighted by molar-refractivity contribution is -0.131. The molecule has 2 rings (SSSR count). The van der Waals surface area contributed by atoms with Crippen molar-refractivity contribution in [3.63, 3.8) is 0 Å². The predicted molar refractivity (Wildman–Crippen MR) is 149 cm³/mol. The van der Waals surface area contributed by atoms with E-state index in [2.05, 4.69) is 15.7 Å². The van der Waals surface area contributed by atoms with Crippen LogP contribution in [0.5, 0.6) is 0 Å². The van der Waals surface area contributed by atoms with E-state index in [0.29, 0.717) is 19.4 Å². The van der Waals surface area contributed by atoms with Crippen LogP contribution in [0.25, 0.3) is 0 Å². The normalized spacial score (nSPS) is 16.3. The van der Waals surface area contributed by atoms with Gasteiger partial charge in [-0.25, -0.2) is 5.09 Å². The van der Waals surface area contributed by atoms with Crippen molar-refractivity contribution in [2.75, 3.05) is 13.7 Å². The zero-order valence-electron chi connectivity index (χ0n) is 22.6. The van der Waals surface area contributed by atoms with Gasteiger partial charge in [0.1, 0.15) is 11.8 Å². The Hall–Kier alpha value is -2.51. The van der Waals surface area contributed by atoms with Crippen LogP contribution in [0.3, 0.4) is 0 Å². The van der Waals surface area contributed by atoms with Gasteiger partial charge in [0.25, 0.3) is 7.52 Å². The molecule has 0 aliphatic heterocycles. The number of hydrogen-bond acceptors (Lipinski definition) is 5. The molecule has 0 fully saturated rings. The summed E-state index contributed by atoms with van der Waals surface area (Å²) >= 11 is 0. The number of rotatable bonds is 15. The minimum absolute atomic E-state index is 0.0944. The fourth-order valence-corrected chi connectivity index (χ4v) is 5.56. The van der Waals surface area contributed by atoms with Gasteiger partial charge in [-0.3, -0.25) is 14.2 Å². The van der Waals surface area contributed by atoms with Gasteiger partial charge in [-0.2, -0.15) is 0 Å². The Balaban J connectivity index is 2.29. The van der Waals surface area contributed by atoms with Gasteiger partial charge in [0.05, 0.1) is 6.04 Å². The first-order valence-electron chi connectivity index (χ1n) is 12.9. The van der Waals surface area contributed by atoms with Gasteiger partial charge in [0, 0.05) is 13.7 Å². The van der Waals surface area contributed by atoms with Crippen LogP contribution in [0.2, 0.25) is 0 Å². The molecule has 204 valence electrons. The molecule has 0 aliphatic carbocycles. The summed E-state index contributed by atoms with van der Waals surface area (Å²) in [6.07, 6.45) is 1.26. The van der Waals surface area contributed by atoms with Gasteiger partial charge in [-0.1, -0.05) is 94.8 Å². The maximum absolute atomic E-state index is 13.9. The quantitative estimate of drug-likeness (QED) is 0.260. The van der Waals surface area contributed by atoms with E-state index in [-0.39, 0.29) is 24.2 Å². The fraction of sp³-hybridized carbons (Fsp3) is 0.500. The maximum Gasteiger partial charge on any atom is 0.286 e. The SMILES string of the molecule is CC[C@H](C)[C@H](NC(=O)[C@@H](Cc1ccccc1)NP(=O)(OC)C(N)Cc1ccccc1)C(=O)NCC(C)C. The Morgan fingerprint density at radius 1 is 0.919 bits per heavy atom. The zero-order valence-corrected chi connectivity index (χ0v) is 23.5. The Morgan fingerprint density at radius 2 is 1.46 bits per heavy atom. The topological polar surface area (TPSA) is 123 Å². The molecule has 2 amide bonds. The number of amides is 2. The highest BCUT2D eigenvalue weighted by Crippen LogP contribution is 2.46. The molecule has 5 atom stereocenters. The van der Waals surface area contributed by atoms with Crippen molar-refractivity contribution in [1.29, 1.82) is 0 Å². The van der Waals surface area contributed by atoms with Crippen molar-refractivity contribution < 1.29 is 18.7 Å². The Morgan fingerprint density at radius 3 is 1.95 bits per heavy atom. The minimum atomic E-state index is -3.66. The van der Waals surface area contributed by atoms with Crippen molar-refractivity contribution in [2.45, 2.75) is 64.8 Å². The summed E-state index contributed by atoms with van der Waals surface area (Å²) in [7, 11) is -2.33. The lowest BCUT2D eigenvalue weighted by Gasteiger charge is -2.30. The molecule has 0 heterocycles. The monoisotopic (exact) mass is 530 g/mol. The number of nitrogens with one attached hydrogen (secondary N) is 3. The van der Waals surface area contributed by atoms with Gasteiger partial charge >= 0.3 is 0 Å². The third-order valence-corrected chi connectivity index (χ3v) is 8.68. The van der Waals surface area contributed by atoms with Crippen LogP contribution in [-0.4, -0.2) is 43.3 Å². The van der Waals surface area contributed by atoms with E-state index >= 15 is 0 Å². The molecule has 0 aromatic heterocycles. The molecule has 2 unspecified atom stereocenters. The molecular weight excluding hydrogens is 487 g/mol. The Labute approximate surface area is 221 Å². The molecule has 0 saturated carbocycles. The summed E-state index contributed by atoms with van der Waals surface area (Å²) in [6.45, 7) is 8.44. The lowest BCUT2D eigenvalue weighted by atomic mass is 9.97. The first-order chi connectivity index (χ1) is 17.6. The largest absolute Gasteiger partial charge is 0.354 e. The molecule has 37 heavy (non-hydrogen) atoms. The van der Waals surface area contributed by atoms with E-state index < -0.39 is 31.3 Å². The standard InChI is InChI=1S/C28H43N4O4P/c1-6-21(4)26(28(34)30-19-20(2)3)31-27(33)24(17-22-13-9-7-10-14-22)32-37(35,36-5)25(29)18-23-15-11-8-12-16-23/h7-16,20-21,24-26H,6,17-19,29H2,1-5H3,(H,30,34)(H,31,33)(H,32,35)/t21-,24+,25?,26-,37?/m0/s1. The maximum atomic E-state index is 13.9. The van der Waals surface area contributed by atoms with Crippen molar-refractivity contribution >= 4 is 19.3 Å². The molecule has 9 heteroatoms. The van der Waals surface area contributed by atoms with Gasteiger partial charge in [-0.05, 0) is 35.8 Å². The molecule has 0 saturated heterocycles. The number of benzene rings is 2. The second-order valence-corrected chi connectivity index (χ2v) is 12.4. The summed E-state index contributed by atoms with van der Waals surface area (Å²) in [5.41, 5.74) is 8.16. The van der Waals surface area contributed by atoms with E-state index in [0.717, 1.165) is 11.1 Å². The number of carbonyl (C=O) groups excluding carboxylic acids is 2. The van der Waals surface area contributed by atoms with Crippen LogP contribution >= 0.6 is 7.52 Å². The second-order valence-electron chi connectivity index (χ2n) is 9.92. The number of nitrogens with two attached hydrogens (primary N) is 1. The van der Waals surface area contributed by atoms with Crippen molar-refractivity contribution in [3.8, 4) is 0 Å². The van der Waals surface area contributed by atoms with E-state index in [9.17, 15) is 14.2 Å². The first kappa shape index (κ1) is 30.7. The van der Waals surface area contributed by atoms with Gasteiger partial charge in [0.15, 0.2) is 0 Å². The third kappa shape index (κ3) is 9.71. The predicted octanol–water partition coefficient (Wildman–Crippen LogP) is 3.86. The molecule has 2 aromatic carbocycles. The highest BCUT2D eigenvalue weighted by Gasteiger charge is 2.37.